The number of nitrogens with zero attached hydrogens (tertiary/aromatic N) is 3. The maximum absolute atomic E-state index is 14.9. The van der Waals surface area contributed by atoms with Crippen LogP contribution in [0.1, 0.15) is 40.0 Å². The van der Waals surface area contributed by atoms with E-state index in [0.29, 0.717) is 30.9 Å². The maximum Gasteiger partial charge on any atom is 0.251 e. The first-order valence-electron chi connectivity index (χ1n) is 14.9. The summed E-state index contributed by atoms with van der Waals surface area (Å²) in [6.45, 7) is 14.7. The van der Waals surface area contributed by atoms with Gasteiger partial charge in [0.2, 0.25) is 11.8 Å². The molecule has 8 atom stereocenters. The Morgan fingerprint density at radius 3 is 2.43 bits per heavy atom. The molecule has 42 heavy (non-hydrogen) atoms. The van der Waals surface area contributed by atoms with E-state index in [2.05, 4.69) is 29.1 Å². The predicted octanol–water partition coefficient (Wildman–Crippen LogP) is 4.51. The van der Waals surface area contributed by atoms with Gasteiger partial charge in [-0.15, -0.1) is 24.9 Å². The molecular weight excluding hydrogens is 618 g/mol. The summed E-state index contributed by atoms with van der Waals surface area (Å²) in [7, 11) is 1.59. The normalized spacial score (nSPS) is 29.1. The number of ether oxygens (including phenoxy) is 1. The van der Waals surface area contributed by atoms with Gasteiger partial charge in [-0.3, -0.25) is 14.4 Å². The van der Waals surface area contributed by atoms with Gasteiger partial charge in [0, 0.05) is 35.4 Å². The van der Waals surface area contributed by atoms with Gasteiger partial charge in [0.1, 0.15) is 11.8 Å². The van der Waals surface area contributed by atoms with Crippen LogP contribution >= 0.6 is 27.7 Å². The number of amides is 3. The molecule has 3 fully saturated rings. The van der Waals surface area contributed by atoms with Crippen molar-refractivity contribution in [1.29, 1.82) is 0 Å². The molecule has 10 heteroatoms. The molecule has 1 N–H and O–H groups in total. The zero-order valence-electron chi connectivity index (χ0n) is 25.1. The molecule has 3 aliphatic rings. The fourth-order valence-electron chi connectivity index (χ4n) is 7.09. The van der Waals surface area contributed by atoms with Gasteiger partial charge in [0.25, 0.3) is 5.91 Å². The highest BCUT2D eigenvalue weighted by Crippen LogP contribution is 2.68. The minimum Gasteiger partial charge on any atom is -0.497 e. The third kappa shape index (κ3) is 5.43. The second-order valence-corrected chi connectivity index (χ2v) is 14.3. The summed E-state index contributed by atoms with van der Waals surface area (Å²) in [5.74, 6) is -1.11. The number of halogens is 1. The monoisotopic (exact) mass is 661 g/mol. The number of rotatable bonds is 14. The number of thioether (sulfide) groups is 1. The van der Waals surface area contributed by atoms with Crippen LogP contribution in [0.2, 0.25) is 0 Å². The molecule has 8 nitrogen and oxygen atoms in total. The Balaban J connectivity index is 1.85. The fraction of sp³-hybridized carbons (Fsp3) is 0.594. The summed E-state index contributed by atoms with van der Waals surface area (Å²) in [6, 6.07) is 5.84. The van der Waals surface area contributed by atoms with E-state index in [0.717, 1.165) is 12.8 Å². The third-order valence-corrected chi connectivity index (χ3v) is 12.4. The molecule has 0 aromatic heterocycles. The van der Waals surface area contributed by atoms with Crippen molar-refractivity contribution in [3.8, 4) is 5.75 Å². The molecule has 3 amide bonds. The summed E-state index contributed by atoms with van der Waals surface area (Å²) in [5.41, 5.74) is 0.665. The molecule has 3 unspecified atom stereocenters. The average Bonchev–Trinajstić information content (AvgIpc) is 3.59. The number of methoxy groups -OCH3 is 1. The highest BCUT2D eigenvalue weighted by Gasteiger charge is 2.76. The number of aliphatic hydroxyl groups is 1. The molecule has 3 aliphatic heterocycles. The van der Waals surface area contributed by atoms with Crippen molar-refractivity contribution >= 4 is 51.1 Å². The highest BCUT2D eigenvalue weighted by molar-refractivity contribution is 9.09. The second kappa shape index (κ2) is 13.6. The minimum absolute atomic E-state index is 0.0343. The second-order valence-electron chi connectivity index (χ2n) is 11.6. The van der Waals surface area contributed by atoms with Crippen molar-refractivity contribution in [3.63, 3.8) is 0 Å². The third-order valence-electron chi connectivity index (χ3n) is 9.21. The molecule has 0 aliphatic carbocycles. The standard InChI is InChI=1S/C32H44BrN3O5S/c1-7-15-34(16-8-2)29(38)25-26-30(39)36(24(19-37)20(5)10-4)28(32(26)18-23(33)27(25)42-32)31(40)35(17-9-3)21-11-13-22(41-6)14-12-21/h7,9,11-14,20,23-28,37H,1,3,8,10,15-19H2,2,4-6H3/t20-,23?,24-,25+,26-,27+,28?,32?/m0/s1. The summed E-state index contributed by atoms with van der Waals surface area (Å²) in [5, 5.41) is 10.5. The van der Waals surface area contributed by atoms with E-state index in [9.17, 15) is 19.5 Å². The zero-order valence-corrected chi connectivity index (χ0v) is 27.5. The van der Waals surface area contributed by atoms with Gasteiger partial charge in [0.15, 0.2) is 0 Å². The molecule has 1 aromatic rings. The van der Waals surface area contributed by atoms with Crippen molar-refractivity contribution in [2.24, 2.45) is 17.8 Å². The Labute approximate surface area is 262 Å². The van der Waals surface area contributed by atoms with Crippen LogP contribution in [0.5, 0.6) is 5.75 Å². The van der Waals surface area contributed by atoms with Gasteiger partial charge >= 0.3 is 0 Å². The summed E-state index contributed by atoms with van der Waals surface area (Å²) >= 11 is 5.48. The Morgan fingerprint density at radius 2 is 1.88 bits per heavy atom. The Bertz CT molecular complexity index is 1180. The van der Waals surface area contributed by atoms with Gasteiger partial charge in [-0.25, -0.2) is 0 Å². The Kier molecular flexibility index (Phi) is 10.5. The summed E-state index contributed by atoms with van der Waals surface area (Å²) < 4.78 is 4.51. The molecule has 0 saturated carbocycles. The number of hydrogen-bond donors (Lipinski definition) is 1. The SMILES string of the molecule is C=CCN(CCC)C(=O)[C@H]1[C@@H]2SC3(CC2Br)C(C(=O)N(CC=C)c2ccc(OC)cc2)N([C@@H](CO)[C@@H](C)CC)C(=O)[C@H]13. The lowest BCUT2D eigenvalue weighted by atomic mass is 9.70. The smallest absolute Gasteiger partial charge is 0.251 e. The molecule has 1 aromatic carbocycles. The van der Waals surface area contributed by atoms with Gasteiger partial charge in [-0.05, 0) is 43.0 Å². The number of anilines is 1. The van der Waals surface area contributed by atoms with Crippen molar-refractivity contribution in [3.05, 3.63) is 49.6 Å². The van der Waals surface area contributed by atoms with E-state index in [1.807, 2.05) is 32.9 Å². The molecule has 3 saturated heterocycles. The minimum atomic E-state index is -0.852. The van der Waals surface area contributed by atoms with Crippen LogP contribution in [0, 0.1) is 17.8 Å². The Morgan fingerprint density at radius 1 is 1.21 bits per heavy atom. The van der Waals surface area contributed by atoms with Gasteiger partial charge in [0.05, 0.1) is 36.3 Å². The van der Waals surface area contributed by atoms with Gasteiger partial charge < -0.3 is 24.5 Å². The predicted molar refractivity (Wildman–Crippen MR) is 172 cm³/mol. The van der Waals surface area contributed by atoms with E-state index >= 15 is 0 Å². The van der Waals surface area contributed by atoms with Crippen LogP contribution in [0.15, 0.2) is 49.6 Å². The van der Waals surface area contributed by atoms with Gasteiger partial charge in [-0.2, -0.15) is 0 Å². The first-order chi connectivity index (χ1) is 20.1. The van der Waals surface area contributed by atoms with Crippen LogP contribution in [0.4, 0.5) is 5.69 Å². The van der Waals surface area contributed by atoms with Crippen molar-refractivity contribution in [1.82, 2.24) is 9.80 Å². The fourth-order valence-corrected chi connectivity index (χ4v) is 10.7. The van der Waals surface area contributed by atoms with Crippen molar-refractivity contribution < 1.29 is 24.2 Å². The van der Waals surface area contributed by atoms with Crippen LogP contribution < -0.4 is 9.64 Å². The van der Waals surface area contributed by atoms with E-state index in [1.54, 1.807) is 57.9 Å². The molecule has 1 spiro atoms. The lowest BCUT2D eigenvalue weighted by Gasteiger charge is -2.41. The van der Waals surface area contributed by atoms with E-state index in [4.69, 9.17) is 4.74 Å². The number of fused-ring (bicyclic) bond motifs is 1. The molecule has 3 heterocycles. The number of aliphatic hydroxyl groups excluding tert-OH is 1. The molecule has 4 rings (SSSR count). The lowest BCUT2D eigenvalue weighted by Crippen LogP contribution is -2.59. The van der Waals surface area contributed by atoms with Crippen molar-refractivity contribution in [2.75, 3.05) is 38.3 Å². The van der Waals surface area contributed by atoms with Gasteiger partial charge in [-0.1, -0.05) is 55.3 Å². The van der Waals surface area contributed by atoms with E-state index in [-0.39, 0.29) is 46.9 Å². The van der Waals surface area contributed by atoms with Crippen LogP contribution in [0.25, 0.3) is 0 Å². The largest absolute Gasteiger partial charge is 0.497 e. The number of benzene rings is 1. The number of hydrogen-bond acceptors (Lipinski definition) is 6. The topological polar surface area (TPSA) is 90.4 Å². The Hall–Kier alpha value is -2.30. The molecule has 230 valence electrons. The zero-order chi connectivity index (χ0) is 30.8. The maximum atomic E-state index is 14.9. The number of carbonyl (C=O) groups excluding carboxylic acids is 3. The highest BCUT2D eigenvalue weighted by atomic mass is 79.9. The first-order valence-corrected chi connectivity index (χ1v) is 16.7. The molecule has 0 radical (unpaired) electrons. The van der Waals surface area contributed by atoms with Crippen LogP contribution in [-0.4, -0.2) is 92.9 Å². The summed E-state index contributed by atoms with van der Waals surface area (Å²) in [4.78, 5) is 48.8. The quantitative estimate of drug-likeness (QED) is 0.233. The number of carbonyl (C=O) groups is 3. The lowest BCUT2D eigenvalue weighted by molar-refractivity contribution is -0.146. The van der Waals surface area contributed by atoms with E-state index < -0.39 is 28.7 Å². The van der Waals surface area contributed by atoms with E-state index in [1.165, 1.54) is 0 Å². The van der Waals surface area contributed by atoms with Crippen molar-refractivity contribution in [2.45, 2.75) is 66.9 Å². The average molecular weight is 663 g/mol. The number of likely N-dealkylation sites (tertiary alicyclic amines) is 1. The first kappa shape index (κ1) is 32.6. The molecular formula is C32H44BrN3O5S. The summed E-state index contributed by atoms with van der Waals surface area (Å²) in [6.07, 6.45) is 5.49. The van der Waals surface area contributed by atoms with Crippen LogP contribution in [0.3, 0.4) is 0 Å². The van der Waals surface area contributed by atoms with Crippen LogP contribution in [-0.2, 0) is 14.4 Å². The number of alkyl halides is 1. The molecule has 2 bridgehead atoms.